The number of sulfonamides is 1. The van der Waals surface area contributed by atoms with Gasteiger partial charge in [-0.3, -0.25) is 4.57 Å². The fraction of sp³-hybridized carbons (Fsp3) is 1.00. The minimum Gasteiger partial charge on any atom is -0.324 e. The minimum absolute atomic E-state index is 0.0825. The van der Waals surface area contributed by atoms with E-state index in [0.717, 1.165) is 12.8 Å². The molecule has 14 heavy (non-hydrogen) atoms. The average Bonchev–Trinajstić information content (AvgIpc) is 2.00. The summed E-state index contributed by atoms with van der Waals surface area (Å²) in [4.78, 5) is 16.9. The third-order valence-corrected chi connectivity index (χ3v) is 3.70. The zero-order chi connectivity index (χ0) is 11.2. The summed E-state index contributed by atoms with van der Waals surface area (Å²) < 4.78 is 34.4. The van der Waals surface area contributed by atoms with Crippen LogP contribution in [0.2, 0.25) is 0 Å². The molecular formula is C6H16NO5PS. The summed E-state index contributed by atoms with van der Waals surface area (Å²) in [5, 5.41) is 0. The van der Waals surface area contributed by atoms with Crippen LogP contribution < -0.4 is 4.72 Å². The number of unbranched alkanes of at least 4 members (excludes halogenated alkanes) is 2. The Kier molecular flexibility index (Phi) is 5.85. The van der Waals surface area contributed by atoms with Crippen LogP contribution in [0.5, 0.6) is 0 Å². The number of hydrogen-bond acceptors (Lipinski definition) is 3. The van der Waals surface area contributed by atoms with Crippen molar-refractivity contribution in [3.63, 3.8) is 0 Å². The molecule has 0 saturated heterocycles. The smallest absolute Gasteiger partial charge is 0.324 e. The Bertz CT molecular complexity index is 295. The van der Waals surface area contributed by atoms with Gasteiger partial charge in [-0.15, -0.1) is 0 Å². The van der Waals surface area contributed by atoms with Crippen LogP contribution in [0.3, 0.4) is 0 Å². The highest BCUT2D eigenvalue weighted by Crippen LogP contribution is 2.32. The van der Waals surface area contributed by atoms with Gasteiger partial charge in [0.15, 0.2) is 0 Å². The number of rotatable bonds is 7. The SMILES string of the molecule is CCCCCS(=O)(=O)NCP(=O)(O)O. The molecule has 0 spiro atoms. The quantitative estimate of drug-likeness (QED) is 0.440. The monoisotopic (exact) mass is 245 g/mol. The second-order valence-corrected chi connectivity index (χ2v) is 6.57. The molecule has 0 aliphatic carbocycles. The van der Waals surface area contributed by atoms with Gasteiger partial charge in [0.05, 0.1) is 5.75 Å². The molecule has 0 radical (unpaired) electrons. The molecule has 0 aromatic rings. The molecule has 6 nitrogen and oxygen atoms in total. The van der Waals surface area contributed by atoms with Gasteiger partial charge in [-0.2, -0.15) is 0 Å². The van der Waals surface area contributed by atoms with Crippen LogP contribution in [-0.2, 0) is 14.6 Å². The van der Waals surface area contributed by atoms with Crippen molar-refractivity contribution in [2.75, 3.05) is 12.0 Å². The van der Waals surface area contributed by atoms with Crippen LogP contribution in [-0.4, -0.2) is 30.2 Å². The van der Waals surface area contributed by atoms with Gasteiger partial charge in [-0.1, -0.05) is 19.8 Å². The fourth-order valence-corrected chi connectivity index (χ4v) is 2.98. The van der Waals surface area contributed by atoms with Crippen LogP contribution in [0.1, 0.15) is 26.2 Å². The molecule has 8 heteroatoms. The van der Waals surface area contributed by atoms with Crippen LogP contribution in [0.15, 0.2) is 0 Å². The van der Waals surface area contributed by atoms with E-state index in [1.54, 1.807) is 0 Å². The van der Waals surface area contributed by atoms with Gasteiger partial charge in [-0.25, -0.2) is 13.1 Å². The molecular weight excluding hydrogens is 229 g/mol. The largest absolute Gasteiger partial charge is 0.340 e. The van der Waals surface area contributed by atoms with E-state index >= 15 is 0 Å². The number of nitrogens with one attached hydrogen (secondary N) is 1. The first-order valence-corrected chi connectivity index (χ1v) is 7.74. The molecule has 0 heterocycles. The molecule has 0 aromatic carbocycles. The zero-order valence-corrected chi connectivity index (χ0v) is 9.72. The molecule has 0 aliphatic heterocycles. The van der Waals surface area contributed by atoms with Gasteiger partial charge in [0, 0.05) is 0 Å². The molecule has 86 valence electrons. The van der Waals surface area contributed by atoms with Gasteiger partial charge in [0.25, 0.3) is 0 Å². The fourth-order valence-electron chi connectivity index (χ4n) is 0.797. The molecule has 0 aliphatic rings. The zero-order valence-electron chi connectivity index (χ0n) is 8.01. The lowest BCUT2D eigenvalue weighted by atomic mass is 10.3. The van der Waals surface area contributed by atoms with Gasteiger partial charge in [0.1, 0.15) is 6.29 Å². The van der Waals surface area contributed by atoms with E-state index in [9.17, 15) is 13.0 Å². The van der Waals surface area contributed by atoms with Crippen LogP contribution in [0, 0.1) is 0 Å². The second kappa shape index (κ2) is 5.82. The molecule has 0 amide bonds. The topological polar surface area (TPSA) is 104 Å². The summed E-state index contributed by atoms with van der Waals surface area (Å²) in [6.45, 7) is 1.94. The van der Waals surface area contributed by atoms with E-state index < -0.39 is 23.9 Å². The highest BCUT2D eigenvalue weighted by Gasteiger charge is 2.17. The van der Waals surface area contributed by atoms with Gasteiger partial charge >= 0.3 is 7.60 Å². The summed E-state index contributed by atoms with van der Waals surface area (Å²) in [5.74, 6) is -0.0825. The van der Waals surface area contributed by atoms with Gasteiger partial charge in [0.2, 0.25) is 10.0 Å². The lowest BCUT2D eigenvalue weighted by molar-refractivity contribution is 0.371. The average molecular weight is 245 g/mol. The summed E-state index contributed by atoms with van der Waals surface area (Å²) >= 11 is 0. The van der Waals surface area contributed by atoms with Crippen molar-refractivity contribution in [1.29, 1.82) is 0 Å². The standard InChI is InChI=1S/C6H16NO5PS/c1-2-3-4-5-14(11,12)7-6-13(8,9)10/h7H,2-6H2,1H3,(H2,8,9,10). The third kappa shape index (κ3) is 8.65. The van der Waals surface area contributed by atoms with Crippen molar-refractivity contribution < 1.29 is 22.8 Å². The molecule has 0 bridgehead atoms. The Morgan fingerprint density at radius 2 is 1.86 bits per heavy atom. The maximum atomic E-state index is 11.1. The Hall–Kier alpha value is 0.0600. The van der Waals surface area contributed by atoms with Gasteiger partial charge < -0.3 is 9.79 Å². The van der Waals surface area contributed by atoms with E-state index in [0.29, 0.717) is 6.42 Å². The molecule has 0 saturated carbocycles. The summed E-state index contributed by atoms with van der Waals surface area (Å²) in [6.07, 6.45) is 1.37. The van der Waals surface area contributed by atoms with Crippen molar-refractivity contribution in [3.8, 4) is 0 Å². The Balaban J connectivity index is 3.91. The molecule has 3 N–H and O–H groups in total. The maximum Gasteiger partial charge on any atom is 0.340 e. The molecule has 0 fully saturated rings. The van der Waals surface area contributed by atoms with Crippen LogP contribution >= 0.6 is 7.60 Å². The molecule has 0 unspecified atom stereocenters. The lowest BCUT2D eigenvalue weighted by Gasteiger charge is -2.06. The number of hydrogen-bond donors (Lipinski definition) is 3. The van der Waals surface area contributed by atoms with Crippen molar-refractivity contribution in [2.24, 2.45) is 0 Å². The first-order chi connectivity index (χ1) is 6.27. The van der Waals surface area contributed by atoms with Crippen molar-refractivity contribution in [1.82, 2.24) is 4.72 Å². The summed E-state index contributed by atoms with van der Waals surface area (Å²) in [7, 11) is -7.82. The van der Waals surface area contributed by atoms with E-state index in [4.69, 9.17) is 9.79 Å². The maximum absolute atomic E-state index is 11.1. The Morgan fingerprint density at radius 1 is 1.29 bits per heavy atom. The summed E-state index contributed by atoms with van der Waals surface area (Å²) in [5.41, 5.74) is 0. The normalized spacial score (nSPS) is 13.1. The lowest BCUT2D eigenvalue weighted by Crippen LogP contribution is -2.27. The first kappa shape index (κ1) is 14.1. The molecule has 0 rings (SSSR count). The predicted molar refractivity (Wildman–Crippen MR) is 53.4 cm³/mol. The van der Waals surface area contributed by atoms with E-state index in [-0.39, 0.29) is 5.75 Å². The van der Waals surface area contributed by atoms with Crippen LogP contribution in [0.25, 0.3) is 0 Å². The van der Waals surface area contributed by atoms with E-state index in [1.165, 1.54) is 0 Å². The highest BCUT2D eigenvalue weighted by molar-refractivity contribution is 7.89. The Morgan fingerprint density at radius 3 is 2.29 bits per heavy atom. The minimum atomic E-state index is -4.29. The van der Waals surface area contributed by atoms with Gasteiger partial charge in [-0.05, 0) is 6.42 Å². The summed E-state index contributed by atoms with van der Waals surface area (Å²) in [6, 6.07) is 0. The first-order valence-electron chi connectivity index (χ1n) is 4.29. The molecule has 0 atom stereocenters. The molecule has 0 aromatic heterocycles. The predicted octanol–water partition coefficient (Wildman–Crippen LogP) is 0.231. The second-order valence-electron chi connectivity index (χ2n) is 2.99. The van der Waals surface area contributed by atoms with E-state index in [1.807, 2.05) is 11.6 Å². The Labute approximate surface area is 83.9 Å². The van der Waals surface area contributed by atoms with Crippen LogP contribution in [0.4, 0.5) is 0 Å². The van der Waals surface area contributed by atoms with E-state index in [2.05, 4.69) is 0 Å². The highest BCUT2D eigenvalue weighted by atomic mass is 32.2. The third-order valence-electron chi connectivity index (χ3n) is 1.51. The van der Waals surface area contributed by atoms with Crippen molar-refractivity contribution in [2.45, 2.75) is 26.2 Å². The van der Waals surface area contributed by atoms with Crippen molar-refractivity contribution in [3.05, 3.63) is 0 Å². The van der Waals surface area contributed by atoms with Crippen molar-refractivity contribution >= 4 is 17.6 Å².